The van der Waals surface area contributed by atoms with E-state index in [2.05, 4.69) is 45.7 Å². The second-order valence-corrected chi connectivity index (χ2v) is 23.2. The topological polar surface area (TPSA) is 235 Å². The highest BCUT2D eigenvalue weighted by molar-refractivity contribution is 7.13. The molecule has 5 aromatic rings. The van der Waals surface area contributed by atoms with Crippen molar-refractivity contribution in [2.75, 3.05) is 57.3 Å². The molecule has 18 nitrogen and oxygen atoms in total. The summed E-state index contributed by atoms with van der Waals surface area (Å²) in [5, 5.41) is 21.4. The van der Waals surface area contributed by atoms with E-state index in [0.29, 0.717) is 63.3 Å². The maximum absolute atomic E-state index is 14.1. The predicted octanol–water partition coefficient (Wildman–Crippen LogP) is 6.27. The number of aromatic amines is 1. The summed E-state index contributed by atoms with van der Waals surface area (Å²) < 4.78 is 0. The van der Waals surface area contributed by atoms with Crippen molar-refractivity contribution in [2.24, 2.45) is 11.1 Å². The number of anilines is 1. The molecule has 8 rings (SSSR count). The minimum atomic E-state index is -1.03. The van der Waals surface area contributed by atoms with Gasteiger partial charge in [0.15, 0.2) is 0 Å². The van der Waals surface area contributed by atoms with E-state index in [1.807, 2.05) is 98.9 Å². The van der Waals surface area contributed by atoms with Crippen molar-refractivity contribution < 1.29 is 29.1 Å². The normalized spacial score (nSPS) is 18.9. The van der Waals surface area contributed by atoms with E-state index < -0.39 is 29.1 Å². The molecule has 2 aromatic carbocycles. The number of hydrogen-bond donors (Lipinski definition) is 6. The number of aryl methyl sites for hydroxylation is 1. The van der Waals surface area contributed by atoms with E-state index in [-0.39, 0.29) is 61.5 Å². The number of carbonyl (C=O) groups excluding carboxylic acids is 5. The first kappa shape index (κ1) is 56.2. The lowest BCUT2D eigenvalue weighted by Crippen LogP contribution is -2.60. The fraction of sp³-hybridized carbons (Fsp3) is 0.536. The number of aliphatic hydroxyl groups excluding tert-OH is 1. The van der Waals surface area contributed by atoms with Gasteiger partial charge in [-0.05, 0) is 79.3 Å². The highest BCUT2D eigenvalue weighted by atomic mass is 35.5. The van der Waals surface area contributed by atoms with Crippen molar-refractivity contribution in [3.05, 3.63) is 94.5 Å². The molecular weight excluding hydrogens is 1000 g/mol. The molecule has 76 heavy (non-hydrogen) atoms. The Hall–Kier alpha value is -5.99. The third kappa shape index (κ3) is 14.3. The molecule has 3 aromatic heterocycles. The Balaban J connectivity index is 0.714. The number of rotatable bonds is 21. The Morgan fingerprint density at radius 2 is 1.58 bits per heavy atom. The molecule has 0 bridgehead atoms. The third-order valence-corrected chi connectivity index (χ3v) is 16.5. The third-order valence-electron chi connectivity index (χ3n) is 15.3. The number of nitrogens with zero attached hydrogens (tertiary/aromatic N) is 7. The number of aliphatic hydroxyl groups is 1. The van der Waals surface area contributed by atoms with Gasteiger partial charge in [-0.3, -0.25) is 28.9 Å². The Morgan fingerprint density at radius 1 is 0.882 bits per heavy atom. The molecule has 0 aliphatic carbocycles. The van der Waals surface area contributed by atoms with Crippen LogP contribution < -0.4 is 26.6 Å². The molecule has 4 atom stereocenters. The van der Waals surface area contributed by atoms with Crippen LogP contribution in [0.4, 0.5) is 5.82 Å². The van der Waals surface area contributed by atoms with E-state index in [9.17, 15) is 29.1 Å². The highest BCUT2D eigenvalue weighted by Crippen LogP contribution is 2.31. The van der Waals surface area contributed by atoms with Gasteiger partial charge < -0.3 is 46.5 Å². The van der Waals surface area contributed by atoms with Gasteiger partial charge in [0.25, 0.3) is 0 Å². The lowest BCUT2D eigenvalue weighted by Gasteiger charge is -2.39. The van der Waals surface area contributed by atoms with E-state index in [1.54, 1.807) is 17.7 Å². The number of nitrogens with two attached hydrogens (primary N) is 1. The second-order valence-electron chi connectivity index (χ2n) is 21.9. The van der Waals surface area contributed by atoms with E-state index in [0.717, 1.165) is 89.4 Å². The number of unbranched alkanes of at least 4 members (excludes halogenated alkanes) is 4. The standard InChI is InChI=1S/C56H75ClN12O6S/c1-37-48(76-36-63-37)40-14-12-38(13-15-40)33-60-52(73)45-32-42(70)34-69(45)53(74)49(55(2,3)4)65-46(71)10-8-6-5-7-9-11-47(72)67-30-28-66(29-31-67)25-21-44(39-16-18-41(57)19-17-39)64-54(75)56(58)22-26-68(27-23-56)51-43-20-24-59-50(43)61-35-62-51/h12-20,24,35-36,42,44-45,49,70H,5-11,21-23,25-34,58H2,1-4H3,(H,60,73)(H,64,75)(H,65,71)(H,59,61,62)/t42-,44+,45+,49-/m1/s1. The lowest BCUT2D eigenvalue weighted by molar-refractivity contribution is -0.144. The molecule has 6 heterocycles. The maximum Gasteiger partial charge on any atom is 0.246 e. The van der Waals surface area contributed by atoms with E-state index in [4.69, 9.17) is 17.3 Å². The minimum Gasteiger partial charge on any atom is -0.391 e. The molecule has 5 amide bonds. The summed E-state index contributed by atoms with van der Waals surface area (Å²) in [7, 11) is 0. The van der Waals surface area contributed by atoms with Crippen molar-refractivity contribution >= 4 is 69.3 Å². The van der Waals surface area contributed by atoms with Gasteiger partial charge in [-0.15, -0.1) is 11.3 Å². The summed E-state index contributed by atoms with van der Waals surface area (Å²) in [5.41, 5.74) is 11.7. The van der Waals surface area contributed by atoms with Gasteiger partial charge in [0, 0.05) is 89.4 Å². The zero-order valence-corrected chi connectivity index (χ0v) is 45.9. The summed E-state index contributed by atoms with van der Waals surface area (Å²) in [6.45, 7) is 12.6. The number of nitrogens with one attached hydrogen (secondary N) is 4. The number of H-pyrrole nitrogens is 1. The fourth-order valence-electron chi connectivity index (χ4n) is 10.6. The van der Waals surface area contributed by atoms with Crippen LogP contribution in [0.15, 0.2) is 72.6 Å². The van der Waals surface area contributed by atoms with Crippen LogP contribution in [-0.4, -0.2) is 145 Å². The number of likely N-dealkylation sites (tertiary alicyclic amines) is 1. The van der Waals surface area contributed by atoms with Crippen molar-refractivity contribution in [2.45, 2.75) is 135 Å². The molecule has 3 aliphatic rings. The van der Waals surface area contributed by atoms with E-state index in [1.165, 1.54) is 4.90 Å². The summed E-state index contributed by atoms with van der Waals surface area (Å²) in [6.07, 6.45) is 8.98. The first-order valence-electron chi connectivity index (χ1n) is 26.9. The average molecular weight is 1080 g/mol. The number of benzene rings is 2. The van der Waals surface area contributed by atoms with Gasteiger partial charge in [0.2, 0.25) is 29.5 Å². The number of piperazine rings is 1. The quantitative estimate of drug-likeness (QED) is 0.0446. The number of aromatic nitrogens is 4. The molecule has 0 spiro atoms. The van der Waals surface area contributed by atoms with Gasteiger partial charge in [-0.2, -0.15) is 0 Å². The van der Waals surface area contributed by atoms with Crippen LogP contribution in [0.25, 0.3) is 21.5 Å². The summed E-state index contributed by atoms with van der Waals surface area (Å²) in [5.74, 6) is -0.151. The smallest absolute Gasteiger partial charge is 0.246 e. The average Bonchev–Trinajstić information content (AvgIpc) is 4.18. The summed E-state index contributed by atoms with van der Waals surface area (Å²) >= 11 is 7.83. The van der Waals surface area contributed by atoms with Crippen LogP contribution in [0, 0.1) is 12.3 Å². The van der Waals surface area contributed by atoms with Crippen LogP contribution in [-0.2, 0) is 30.5 Å². The lowest BCUT2D eigenvalue weighted by atomic mass is 9.85. The van der Waals surface area contributed by atoms with Crippen LogP contribution in [0.3, 0.4) is 0 Å². The number of β-amino-alcohol motifs (C(OH)–C–C–N with tert-alkyl or cyclic N) is 1. The predicted molar refractivity (Wildman–Crippen MR) is 296 cm³/mol. The number of fused-ring (bicyclic) bond motifs is 1. The molecule has 0 radical (unpaired) electrons. The zero-order valence-electron chi connectivity index (χ0n) is 44.4. The van der Waals surface area contributed by atoms with Crippen LogP contribution in [0.2, 0.25) is 5.02 Å². The van der Waals surface area contributed by atoms with Crippen molar-refractivity contribution in [3.63, 3.8) is 0 Å². The summed E-state index contributed by atoms with van der Waals surface area (Å²) in [6, 6.07) is 15.4. The molecule has 0 unspecified atom stereocenters. The van der Waals surface area contributed by atoms with Gasteiger partial charge in [-0.1, -0.05) is 88.0 Å². The van der Waals surface area contributed by atoms with Crippen LogP contribution in [0.5, 0.6) is 0 Å². The van der Waals surface area contributed by atoms with Crippen LogP contribution in [0.1, 0.15) is 114 Å². The number of hydrogen-bond acceptors (Lipinski definition) is 13. The SMILES string of the molecule is Cc1ncsc1-c1ccc(CNC(=O)[C@@H]2C[C@@H](O)CN2C(=O)[C@@H](NC(=O)CCCCCCCC(=O)N2CCN(CC[C@H](NC(=O)C3(N)CCN(c4ncnc5[nH]ccc45)CC3)c3ccc(Cl)cc3)CC2)C(C)(C)C)cc1. The Morgan fingerprint density at radius 3 is 2.26 bits per heavy atom. The first-order chi connectivity index (χ1) is 36.5. The fourth-order valence-corrected chi connectivity index (χ4v) is 11.5. The van der Waals surface area contributed by atoms with Crippen LogP contribution >= 0.6 is 22.9 Å². The number of thiazole rings is 1. The largest absolute Gasteiger partial charge is 0.391 e. The van der Waals surface area contributed by atoms with Gasteiger partial charge in [0.05, 0.1) is 39.2 Å². The molecule has 20 heteroatoms. The highest BCUT2D eigenvalue weighted by Gasteiger charge is 2.45. The number of amides is 5. The van der Waals surface area contributed by atoms with Crippen molar-refractivity contribution in [1.82, 2.24) is 50.6 Å². The summed E-state index contributed by atoms with van der Waals surface area (Å²) in [4.78, 5) is 93.4. The second kappa shape index (κ2) is 25.4. The maximum atomic E-state index is 14.1. The molecular formula is C56H75ClN12O6S. The Kier molecular flexibility index (Phi) is 18.8. The van der Waals surface area contributed by atoms with E-state index >= 15 is 0 Å². The molecule has 3 saturated heterocycles. The van der Waals surface area contributed by atoms with Gasteiger partial charge in [-0.25, -0.2) is 15.0 Å². The Bertz CT molecular complexity index is 2770. The number of carbonyl (C=O) groups is 5. The first-order valence-corrected chi connectivity index (χ1v) is 28.1. The number of halogens is 1. The molecule has 408 valence electrons. The van der Waals surface area contributed by atoms with Crippen molar-refractivity contribution in [3.8, 4) is 10.4 Å². The monoisotopic (exact) mass is 1080 g/mol. The zero-order chi connectivity index (χ0) is 54.0. The Labute approximate surface area is 454 Å². The molecule has 3 aliphatic heterocycles. The van der Waals surface area contributed by atoms with Gasteiger partial charge >= 0.3 is 0 Å². The van der Waals surface area contributed by atoms with Gasteiger partial charge in [0.1, 0.15) is 29.9 Å². The molecule has 0 saturated carbocycles. The van der Waals surface area contributed by atoms with Crippen molar-refractivity contribution in [1.29, 1.82) is 0 Å². The minimum absolute atomic E-state index is 0.0121. The number of piperidine rings is 1. The molecule has 3 fully saturated rings. The molecule has 7 N–H and O–H groups in total.